The first-order chi connectivity index (χ1) is 15.7. The van der Waals surface area contributed by atoms with Crippen molar-refractivity contribution in [3.05, 3.63) is 76.6 Å². The summed E-state index contributed by atoms with van der Waals surface area (Å²) in [6, 6.07) is 13.3. The van der Waals surface area contributed by atoms with Crippen molar-refractivity contribution in [2.45, 2.75) is 37.8 Å². The molecule has 4 aromatic rings. The largest absolute Gasteiger partial charge is 0.351 e. The normalized spacial score (nSPS) is 17.7. The number of fused-ring (bicyclic) bond motifs is 1. The molecule has 32 heavy (non-hydrogen) atoms. The predicted molar refractivity (Wildman–Crippen MR) is 126 cm³/mol. The lowest BCUT2D eigenvalue weighted by molar-refractivity contribution is 0.628. The Morgan fingerprint density at radius 3 is 2.72 bits per heavy atom. The van der Waals surface area contributed by atoms with Crippen molar-refractivity contribution in [3.8, 4) is 22.6 Å². The molecule has 1 aromatic carbocycles. The minimum absolute atomic E-state index is 0.193. The number of halogens is 1. The molecule has 0 radical (unpaired) electrons. The highest BCUT2D eigenvalue weighted by Crippen LogP contribution is 2.40. The predicted octanol–water partition coefficient (Wildman–Crippen LogP) is 5.98. The number of imidazole rings is 1. The Morgan fingerprint density at radius 1 is 1.06 bits per heavy atom. The second-order valence-corrected chi connectivity index (χ2v) is 9.25. The lowest BCUT2D eigenvalue weighted by atomic mass is 10.1. The molecule has 5 nitrogen and oxygen atoms in total. The summed E-state index contributed by atoms with van der Waals surface area (Å²) in [6.07, 6.45) is 10.5. The third-order valence-electron chi connectivity index (χ3n) is 5.93. The van der Waals surface area contributed by atoms with Crippen molar-refractivity contribution >= 4 is 23.4 Å². The Morgan fingerprint density at radius 2 is 1.94 bits per heavy atom. The van der Waals surface area contributed by atoms with Crippen molar-refractivity contribution < 1.29 is 4.39 Å². The molecule has 0 spiro atoms. The number of aryl methyl sites for hydroxylation is 1. The molecule has 2 aliphatic rings. The maximum absolute atomic E-state index is 13.6. The molecule has 0 bridgehead atoms. The van der Waals surface area contributed by atoms with E-state index in [4.69, 9.17) is 9.97 Å². The van der Waals surface area contributed by atoms with Crippen LogP contribution < -0.4 is 5.32 Å². The van der Waals surface area contributed by atoms with E-state index in [1.807, 2.05) is 6.07 Å². The Hall–Kier alpha value is -3.32. The van der Waals surface area contributed by atoms with Gasteiger partial charge in [-0.25, -0.2) is 19.3 Å². The van der Waals surface area contributed by atoms with Crippen molar-refractivity contribution in [1.82, 2.24) is 19.5 Å². The second-order valence-electron chi connectivity index (χ2n) is 8.27. The van der Waals surface area contributed by atoms with E-state index < -0.39 is 0 Å². The first-order valence-corrected chi connectivity index (χ1v) is 11.8. The zero-order valence-electron chi connectivity index (χ0n) is 17.4. The van der Waals surface area contributed by atoms with Gasteiger partial charge in [0.25, 0.3) is 0 Å². The summed E-state index contributed by atoms with van der Waals surface area (Å²) in [6.45, 7) is 0. The third-order valence-corrected chi connectivity index (χ3v) is 6.77. The van der Waals surface area contributed by atoms with Crippen LogP contribution in [0.15, 0.2) is 60.1 Å². The first kappa shape index (κ1) is 19.4. The summed E-state index contributed by atoms with van der Waals surface area (Å²) < 4.78 is 15.9. The van der Waals surface area contributed by atoms with Gasteiger partial charge in [-0.1, -0.05) is 12.1 Å². The molecule has 0 amide bonds. The molecule has 160 valence electrons. The maximum atomic E-state index is 13.6. The van der Waals surface area contributed by atoms with Crippen LogP contribution >= 0.6 is 11.3 Å². The quantitative estimate of drug-likeness (QED) is 0.398. The summed E-state index contributed by atoms with van der Waals surface area (Å²) in [4.78, 5) is 15.5. The molecule has 0 saturated heterocycles. The molecule has 1 unspecified atom stereocenters. The monoisotopic (exact) mass is 443 g/mol. The van der Waals surface area contributed by atoms with E-state index >= 15 is 0 Å². The van der Waals surface area contributed by atoms with Gasteiger partial charge in [0.05, 0.1) is 23.1 Å². The van der Waals surface area contributed by atoms with Crippen molar-refractivity contribution in [3.63, 3.8) is 0 Å². The zero-order valence-corrected chi connectivity index (χ0v) is 18.2. The number of nitrogens with one attached hydrogen (secondary N) is 1. The summed E-state index contributed by atoms with van der Waals surface area (Å²) >= 11 is 1.73. The van der Waals surface area contributed by atoms with Crippen LogP contribution in [-0.4, -0.2) is 25.6 Å². The van der Waals surface area contributed by atoms with Crippen LogP contribution in [0.4, 0.5) is 10.3 Å². The van der Waals surface area contributed by atoms with Crippen molar-refractivity contribution in [2.24, 2.45) is 0 Å². The average Bonchev–Trinajstić information content (AvgIpc) is 3.18. The fourth-order valence-corrected chi connectivity index (χ4v) is 4.85. The molecule has 6 rings (SSSR count). The van der Waals surface area contributed by atoms with E-state index in [0.29, 0.717) is 12.0 Å². The van der Waals surface area contributed by atoms with Gasteiger partial charge in [0.1, 0.15) is 11.6 Å². The molecule has 1 aliphatic heterocycles. The molecule has 1 saturated carbocycles. The van der Waals surface area contributed by atoms with E-state index in [-0.39, 0.29) is 11.9 Å². The Balaban J connectivity index is 1.47. The molecule has 1 atom stereocenters. The maximum Gasteiger partial charge on any atom is 0.223 e. The van der Waals surface area contributed by atoms with Crippen LogP contribution in [-0.2, 0) is 6.42 Å². The number of thiophene rings is 1. The molecule has 1 N–H and O–H groups in total. The summed E-state index contributed by atoms with van der Waals surface area (Å²) in [5.41, 5.74) is 3.52. The van der Waals surface area contributed by atoms with Crippen LogP contribution in [0.2, 0.25) is 0 Å². The van der Waals surface area contributed by atoms with E-state index in [0.717, 1.165) is 54.2 Å². The van der Waals surface area contributed by atoms with E-state index in [9.17, 15) is 4.39 Å². The standard InChI is InChI=1S/C25H22FN5S/c26-17-5-3-16(4-6-17)23-24(21-13-14-27-25(29-21)28-18-7-8-18)31-19(10-12-22(31)30-23)9-11-20-2-1-15-32-20/h1-6,9,11,13-15,18-19H,7-8,10,12H2,(H,27,28,29)/b11-9+. The highest BCUT2D eigenvalue weighted by atomic mass is 32.1. The first-order valence-electron chi connectivity index (χ1n) is 10.9. The van der Waals surface area contributed by atoms with E-state index in [1.54, 1.807) is 29.7 Å². The van der Waals surface area contributed by atoms with Gasteiger partial charge < -0.3 is 9.88 Å². The lowest BCUT2D eigenvalue weighted by Gasteiger charge is -2.15. The number of anilines is 1. The highest BCUT2D eigenvalue weighted by Gasteiger charge is 2.30. The van der Waals surface area contributed by atoms with Gasteiger partial charge in [-0.15, -0.1) is 11.3 Å². The fourth-order valence-electron chi connectivity index (χ4n) is 4.22. The van der Waals surface area contributed by atoms with Gasteiger partial charge in [0, 0.05) is 29.1 Å². The van der Waals surface area contributed by atoms with E-state index in [1.165, 1.54) is 17.0 Å². The topological polar surface area (TPSA) is 55.6 Å². The molecule has 1 fully saturated rings. The van der Waals surface area contributed by atoms with Gasteiger partial charge in [0.15, 0.2) is 0 Å². The molecule has 1 aliphatic carbocycles. The van der Waals surface area contributed by atoms with Crippen molar-refractivity contribution in [2.75, 3.05) is 5.32 Å². The number of benzene rings is 1. The van der Waals surface area contributed by atoms with Crippen LogP contribution in [0.25, 0.3) is 28.7 Å². The van der Waals surface area contributed by atoms with E-state index in [2.05, 4.69) is 44.5 Å². The minimum atomic E-state index is -0.253. The van der Waals surface area contributed by atoms with Crippen LogP contribution in [0.5, 0.6) is 0 Å². The molecule has 4 heterocycles. The van der Waals surface area contributed by atoms with Gasteiger partial charge in [-0.2, -0.15) is 0 Å². The Kier molecular flexibility index (Phi) is 4.83. The third kappa shape index (κ3) is 3.73. The minimum Gasteiger partial charge on any atom is -0.351 e. The molecular weight excluding hydrogens is 421 g/mol. The molecular formula is C25H22FN5S. The number of hydrogen-bond donors (Lipinski definition) is 1. The highest BCUT2D eigenvalue weighted by molar-refractivity contribution is 7.10. The van der Waals surface area contributed by atoms with Crippen molar-refractivity contribution in [1.29, 1.82) is 0 Å². The Labute approximate surface area is 189 Å². The Bertz CT molecular complexity index is 1270. The lowest BCUT2D eigenvalue weighted by Crippen LogP contribution is -2.08. The fraction of sp³-hybridized carbons (Fsp3) is 0.240. The number of rotatable bonds is 6. The number of hydrogen-bond acceptors (Lipinski definition) is 5. The van der Waals surface area contributed by atoms with Crippen LogP contribution in [0.3, 0.4) is 0 Å². The molecule has 3 aromatic heterocycles. The summed E-state index contributed by atoms with van der Waals surface area (Å²) in [5.74, 6) is 1.43. The second kappa shape index (κ2) is 7.98. The SMILES string of the molecule is Fc1ccc(-c2nc3n(c2-c2ccnc(NC4CC4)n2)C(/C=C/c2cccs2)CC3)cc1. The summed E-state index contributed by atoms with van der Waals surface area (Å²) in [7, 11) is 0. The van der Waals surface area contributed by atoms with Crippen LogP contribution in [0, 0.1) is 5.82 Å². The van der Waals surface area contributed by atoms with Crippen LogP contribution in [0.1, 0.15) is 36.0 Å². The number of nitrogens with zero attached hydrogens (tertiary/aromatic N) is 4. The van der Waals surface area contributed by atoms with Gasteiger partial charge in [-0.3, -0.25) is 0 Å². The van der Waals surface area contributed by atoms with Gasteiger partial charge in [-0.05, 0) is 67.1 Å². The zero-order chi connectivity index (χ0) is 21.5. The molecule has 7 heteroatoms. The number of allylic oxidation sites excluding steroid dienone is 1. The smallest absolute Gasteiger partial charge is 0.223 e. The average molecular weight is 444 g/mol. The van der Waals surface area contributed by atoms with Gasteiger partial charge in [0.2, 0.25) is 5.95 Å². The number of aromatic nitrogens is 4. The van der Waals surface area contributed by atoms with Gasteiger partial charge >= 0.3 is 0 Å². The summed E-state index contributed by atoms with van der Waals surface area (Å²) in [5, 5.41) is 5.48.